The van der Waals surface area contributed by atoms with E-state index in [9.17, 15) is 0 Å². The van der Waals surface area contributed by atoms with Crippen LogP contribution in [0.3, 0.4) is 0 Å². The summed E-state index contributed by atoms with van der Waals surface area (Å²) in [4.78, 5) is 0. The third-order valence-corrected chi connectivity index (χ3v) is 2.73. The van der Waals surface area contributed by atoms with Gasteiger partial charge in [-0.2, -0.15) is 5.10 Å². The van der Waals surface area contributed by atoms with Crippen LogP contribution in [0.4, 0.5) is 0 Å². The van der Waals surface area contributed by atoms with Gasteiger partial charge in [0.05, 0.1) is 5.52 Å². The third kappa shape index (κ3) is 1.22. The molecule has 66 valence electrons. The number of benzene rings is 1. The van der Waals surface area contributed by atoms with E-state index in [2.05, 4.69) is 28.4 Å². The molecule has 0 atom stereocenters. The van der Waals surface area contributed by atoms with Crippen molar-refractivity contribution >= 4 is 10.9 Å². The van der Waals surface area contributed by atoms with Gasteiger partial charge in [-0.15, -0.1) is 0 Å². The highest BCUT2D eigenvalue weighted by Gasteiger charge is 2.23. The molecule has 2 heteroatoms. The van der Waals surface area contributed by atoms with Crippen LogP contribution in [-0.4, -0.2) is 10.2 Å². The van der Waals surface area contributed by atoms with Crippen LogP contribution >= 0.6 is 0 Å². The van der Waals surface area contributed by atoms with Crippen LogP contribution in [-0.2, 0) is 6.42 Å². The Morgan fingerprint density at radius 2 is 2.15 bits per heavy atom. The number of hydrogen-bond donors (Lipinski definition) is 1. The van der Waals surface area contributed by atoms with Crippen molar-refractivity contribution < 1.29 is 0 Å². The van der Waals surface area contributed by atoms with E-state index in [4.69, 9.17) is 0 Å². The number of aromatic nitrogens is 2. The van der Waals surface area contributed by atoms with Crippen LogP contribution < -0.4 is 0 Å². The fraction of sp³-hybridized carbons (Fsp3) is 0.364. The van der Waals surface area contributed by atoms with Gasteiger partial charge in [0.25, 0.3) is 0 Å². The van der Waals surface area contributed by atoms with Gasteiger partial charge in [0, 0.05) is 11.1 Å². The Labute approximate surface area is 77.0 Å². The maximum atomic E-state index is 4.27. The van der Waals surface area contributed by atoms with E-state index >= 15 is 0 Å². The maximum Gasteiger partial charge on any atom is 0.0923 e. The Morgan fingerprint density at radius 1 is 1.31 bits per heavy atom. The maximum absolute atomic E-state index is 4.27. The van der Waals surface area contributed by atoms with Crippen LogP contribution in [0.15, 0.2) is 24.3 Å². The van der Waals surface area contributed by atoms with E-state index in [0.717, 1.165) is 11.4 Å². The van der Waals surface area contributed by atoms with E-state index in [-0.39, 0.29) is 0 Å². The summed E-state index contributed by atoms with van der Waals surface area (Å²) in [7, 11) is 0. The van der Waals surface area contributed by atoms with Gasteiger partial charge in [-0.25, -0.2) is 0 Å². The lowest BCUT2D eigenvalue weighted by atomic mass is 10.1. The molecule has 1 aromatic heterocycles. The molecule has 1 N–H and O–H groups in total. The first kappa shape index (κ1) is 7.13. The van der Waals surface area contributed by atoms with Crippen molar-refractivity contribution in [2.24, 2.45) is 5.92 Å². The summed E-state index contributed by atoms with van der Waals surface area (Å²) in [6, 6.07) is 8.32. The number of aromatic amines is 1. The molecule has 0 aliphatic heterocycles. The molecule has 2 nitrogen and oxygen atoms in total. The number of nitrogens with zero attached hydrogens (tertiary/aromatic N) is 1. The zero-order chi connectivity index (χ0) is 8.67. The molecule has 0 bridgehead atoms. The lowest BCUT2D eigenvalue weighted by Crippen LogP contribution is -1.87. The Kier molecular flexibility index (Phi) is 1.42. The molecule has 1 heterocycles. The van der Waals surface area contributed by atoms with Crippen molar-refractivity contribution in [1.29, 1.82) is 0 Å². The van der Waals surface area contributed by atoms with Crippen molar-refractivity contribution in [3.63, 3.8) is 0 Å². The van der Waals surface area contributed by atoms with Crippen LogP contribution in [0.1, 0.15) is 18.5 Å². The van der Waals surface area contributed by atoms with Gasteiger partial charge in [0.15, 0.2) is 0 Å². The minimum absolute atomic E-state index is 0.920. The van der Waals surface area contributed by atoms with Crippen molar-refractivity contribution in [3.05, 3.63) is 30.0 Å². The third-order valence-electron chi connectivity index (χ3n) is 2.73. The zero-order valence-corrected chi connectivity index (χ0v) is 7.46. The molecule has 0 spiro atoms. The van der Waals surface area contributed by atoms with Gasteiger partial charge >= 0.3 is 0 Å². The van der Waals surface area contributed by atoms with E-state index in [1.165, 1.54) is 30.3 Å². The number of rotatable bonds is 2. The molecule has 2 aromatic rings. The predicted molar refractivity (Wildman–Crippen MR) is 52.5 cm³/mol. The second kappa shape index (κ2) is 2.59. The van der Waals surface area contributed by atoms with Gasteiger partial charge in [0.1, 0.15) is 0 Å². The van der Waals surface area contributed by atoms with Crippen molar-refractivity contribution in [3.8, 4) is 0 Å². The lowest BCUT2D eigenvalue weighted by molar-refractivity contribution is 0.801. The van der Waals surface area contributed by atoms with Crippen LogP contribution in [0.25, 0.3) is 10.9 Å². The number of hydrogen-bond acceptors (Lipinski definition) is 1. The summed E-state index contributed by atoms with van der Waals surface area (Å²) in [6.07, 6.45) is 3.97. The molecule has 0 saturated heterocycles. The van der Waals surface area contributed by atoms with Gasteiger partial charge in [-0.05, 0) is 31.2 Å². The minimum Gasteiger partial charge on any atom is -0.281 e. The average Bonchev–Trinajstić information content (AvgIpc) is 2.88. The highest BCUT2D eigenvalue weighted by Crippen LogP contribution is 2.33. The first-order valence-corrected chi connectivity index (χ1v) is 4.85. The fourth-order valence-corrected chi connectivity index (χ4v) is 1.78. The second-order valence-corrected chi connectivity index (χ2v) is 3.87. The molecule has 1 aliphatic rings. The van der Waals surface area contributed by atoms with Gasteiger partial charge in [-0.3, -0.25) is 5.10 Å². The number of H-pyrrole nitrogens is 1. The number of para-hydroxylation sites is 1. The molecule has 0 amide bonds. The molecule has 13 heavy (non-hydrogen) atoms. The van der Waals surface area contributed by atoms with Crippen LogP contribution in [0.5, 0.6) is 0 Å². The second-order valence-electron chi connectivity index (χ2n) is 3.87. The number of fused-ring (bicyclic) bond motifs is 1. The van der Waals surface area contributed by atoms with Gasteiger partial charge in [0.2, 0.25) is 0 Å². The summed E-state index contributed by atoms with van der Waals surface area (Å²) < 4.78 is 0. The summed E-state index contributed by atoms with van der Waals surface area (Å²) in [5.74, 6) is 0.920. The van der Waals surface area contributed by atoms with Crippen molar-refractivity contribution in [2.75, 3.05) is 0 Å². The van der Waals surface area contributed by atoms with Crippen LogP contribution in [0.2, 0.25) is 0 Å². The van der Waals surface area contributed by atoms with E-state index in [0.29, 0.717) is 0 Å². The largest absolute Gasteiger partial charge is 0.281 e. The fourth-order valence-electron chi connectivity index (χ4n) is 1.78. The molecule has 1 aliphatic carbocycles. The van der Waals surface area contributed by atoms with E-state index in [1.807, 2.05) is 6.07 Å². The smallest absolute Gasteiger partial charge is 0.0923 e. The van der Waals surface area contributed by atoms with Crippen molar-refractivity contribution in [1.82, 2.24) is 10.2 Å². The molecule has 3 rings (SSSR count). The number of nitrogens with one attached hydrogen (secondary N) is 1. The zero-order valence-electron chi connectivity index (χ0n) is 7.46. The monoisotopic (exact) mass is 172 g/mol. The first-order valence-electron chi connectivity index (χ1n) is 4.85. The van der Waals surface area contributed by atoms with Gasteiger partial charge in [-0.1, -0.05) is 18.2 Å². The molecule has 0 unspecified atom stereocenters. The highest BCUT2D eigenvalue weighted by molar-refractivity contribution is 5.81. The Hall–Kier alpha value is -1.31. The summed E-state index contributed by atoms with van der Waals surface area (Å²) >= 11 is 0. The topological polar surface area (TPSA) is 28.7 Å². The first-order chi connectivity index (χ1) is 6.43. The molecular weight excluding hydrogens is 160 g/mol. The van der Waals surface area contributed by atoms with E-state index < -0.39 is 0 Å². The minimum atomic E-state index is 0.920. The summed E-state index contributed by atoms with van der Waals surface area (Å²) in [6.45, 7) is 0. The van der Waals surface area contributed by atoms with Crippen molar-refractivity contribution in [2.45, 2.75) is 19.3 Å². The van der Waals surface area contributed by atoms with Gasteiger partial charge < -0.3 is 0 Å². The normalized spacial score (nSPS) is 16.6. The molecule has 1 fully saturated rings. The van der Waals surface area contributed by atoms with Crippen LogP contribution in [0, 0.1) is 5.92 Å². The lowest BCUT2D eigenvalue weighted by Gasteiger charge is -1.94. The summed E-state index contributed by atoms with van der Waals surface area (Å²) in [5, 5.41) is 8.71. The molecule has 0 radical (unpaired) electrons. The Balaban J connectivity index is 2.06. The molecular formula is C11H12N2. The SMILES string of the molecule is c1ccc2c(CC3CC3)[nH]nc2c1. The average molecular weight is 172 g/mol. The quantitative estimate of drug-likeness (QED) is 0.740. The highest BCUT2D eigenvalue weighted by atomic mass is 15.1. The molecule has 1 saturated carbocycles. The standard InChI is InChI=1S/C11H12N2/c1-2-4-10-9(3-1)11(13-12-10)7-8-5-6-8/h1-4,8H,5-7H2,(H,12,13). The summed E-state index contributed by atoms with van der Waals surface area (Å²) in [5.41, 5.74) is 2.41. The Morgan fingerprint density at radius 3 is 3.00 bits per heavy atom. The Bertz CT molecular complexity index is 426. The van der Waals surface area contributed by atoms with E-state index in [1.54, 1.807) is 0 Å². The molecule has 1 aromatic carbocycles. The predicted octanol–water partition coefficient (Wildman–Crippen LogP) is 2.52.